The average molecular weight is 315 g/mol. The van der Waals surface area contributed by atoms with Crippen LogP contribution in [0.15, 0.2) is 35.1 Å². The molecule has 0 aliphatic carbocycles. The first kappa shape index (κ1) is 10.1. The molecule has 0 amide bonds. The summed E-state index contributed by atoms with van der Waals surface area (Å²) in [6, 6.07) is 8.52. The molecule has 0 aliphatic rings. The van der Waals surface area contributed by atoms with Crippen molar-refractivity contribution >= 4 is 42.6 Å². The number of aromatic nitrogens is 1. The molecule has 0 unspecified atom stereocenters. The predicted octanol–water partition coefficient (Wildman–Crippen LogP) is 3.93. The minimum atomic E-state index is 0.917. The van der Waals surface area contributed by atoms with Crippen LogP contribution in [0.2, 0.25) is 0 Å². The molecule has 0 saturated heterocycles. The van der Waals surface area contributed by atoms with E-state index in [9.17, 15) is 0 Å². The largest absolute Gasteiger partial charge is 0.249 e. The van der Waals surface area contributed by atoms with Gasteiger partial charge in [-0.3, -0.25) is 0 Å². The van der Waals surface area contributed by atoms with Crippen molar-refractivity contribution in [3.63, 3.8) is 0 Å². The second-order valence-corrected chi connectivity index (χ2v) is 4.64. The fraction of sp³-hybridized carbons (Fsp3) is 0.182. The van der Waals surface area contributed by atoms with Gasteiger partial charge in [0.15, 0.2) is 0 Å². The summed E-state index contributed by atoms with van der Waals surface area (Å²) < 4.78 is 0.917. The lowest BCUT2D eigenvalue weighted by Gasteiger charge is -2.02. The Morgan fingerprint density at radius 3 is 2.86 bits per heavy atom. The topological polar surface area (TPSA) is 12.9 Å². The van der Waals surface area contributed by atoms with Crippen LogP contribution in [0.4, 0.5) is 0 Å². The molecule has 0 fully saturated rings. The van der Waals surface area contributed by atoms with Crippen molar-refractivity contribution in [3.05, 3.63) is 40.6 Å². The van der Waals surface area contributed by atoms with Crippen LogP contribution in [-0.2, 0) is 6.42 Å². The third kappa shape index (κ3) is 1.98. The number of benzene rings is 1. The summed E-state index contributed by atoms with van der Waals surface area (Å²) in [6.07, 6.45) is 2.89. The predicted molar refractivity (Wildman–Crippen MR) is 66.9 cm³/mol. The van der Waals surface area contributed by atoms with Gasteiger partial charge >= 0.3 is 0 Å². The zero-order valence-corrected chi connectivity index (χ0v) is 10.7. The Kier molecular flexibility index (Phi) is 3.19. The second-order valence-electron chi connectivity index (χ2n) is 3.10. The Balaban J connectivity index is 2.56. The highest BCUT2D eigenvalue weighted by Crippen LogP contribution is 2.22. The number of rotatable bonds is 2. The lowest BCUT2D eigenvalue weighted by Crippen LogP contribution is -1.86. The van der Waals surface area contributed by atoms with Crippen molar-refractivity contribution in [1.29, 1.82) is 0 Å². The van der Waals surface area contributed by atoms with Gasteiger partial charge in [-0.15, -0.1) is 0 Å². The Bertz CT molecular complexity index is 454. The van der Waals surface area contributed by atoms with E-state index in [1.807, 2.05) is 12.3 Å². The van der Waals surface area contributed by atoms with E-state index in [0.29, 0.717) is 0 Å². The van der Waals surface area contributed by atoms with Gasteiger partial charge in [0, 0.05) is 16.9 Å². The maximum atomic E-state index is 4.19. The third-order valence-electron chi connectivity index (χ3n) is 2.16. The zero-order chi connectivity index (χ0) is 9.97. The lowest BCUT2D eigenvalue weighted by atomic mass is 10.1. The molecule has 1 aromatic heterocycles. The summed E-state index contributed by atoms with van der Waals surface area (Å²) in [6.45, 7) is 0. The van der Waals surface area contributed by atoms with Crippen LogP contribution in [0.3, 0.4) is 0 Å². The van der Waals surface area contributed by atoms with Crippen LogP contribution in [0.5, 0.6) is 0 Å². The molecule has 1 aromatic carbocycles. The number of pyridine rings is 1. The van der Waals surface area contributed by atoms with Crippen LogP contribution in [0.1, 0.15) is 5.56 Å². The first-order valence-electron chi connectivity index (χ1n) is 4.40. The van der Waals surface area contributed by atoms with Crippen LogP contribution in [-0.4, -0.2) is 10.3 Å². The highest BCUT2D eigenvalue weighted by molar-refractivity contribution is 9.10. The monoisotopic (exact) mass is 313 g/mol. The van der Waals surface area contributed by atoms with Gasteiger partial charge in [0.2, 0.25) is 0 Å². The fourth-order valence-electron chi connectivity index (χ4n) is 1.46. The van der Waals surface area contributed by atoms with E-state index in [0.717, 1.165) is 16.4 Å². The molecule has 0 atom stereocenters. The van der Waals surface area contributed by atoms with E-state index in [1.165, 1.54) is 16.3 Å². The molecule has 3 heteroatoms. The van der Waals surface area contributed by atoms with Gasteiger partial charge in [-0.05, 0) is 39.4 Å². The van der Waals surface area contributed by atoms with Crippen molar-refractivity contribution < 1.29 is 0 Å². The number of halogens is 2. The summed E-state index contributed by atoms with van der Waals surface area (Å²) in [4.78, 5) is 4.19. The van der Waals surface area contributed by atoms with Gasteiger partial charge in [0.25, 0.3) is 0 Å². The molecular formula is C11H9Br2N. The van der Waals surface area contributed by atoms with Crippen molar-refractivity contribution in [2.24, 2.45) is 0 Å². The van der Waals surface area contributed by atoms with Gasteiger partial charge in [-0.25, -0.2) is 4.98 Å². The maximum absolute atomic E-state index is 4.19. The highest BCUT2D eigenvalue weighted by Gasteiger charge is 1.99. The molecular weight excluding hydrogens is 306 g/mol. The standard InChI is InChI=1S/C11H9Br2N/c12-5-3-8-1-2-10-9(7-8)4-6-14-11(10)13/h1-2,4,6-7H,3,5H2. The summed E-state index contributed by atoms with van der Waals surface area (Å²) in [5.74, 6) is 0. The molecule has 2 rings (SSSR count). The lowest BCUT2D eigenvalue weighted by molar-refractivity contribution is 1.17. The molecule has 0 radical (unpaired) electrons. The number of aryl methyl sites for hydroxylation is 1. The summed E-state index contributed by atoms with van der Waals surface area (Å²) in [7, 11) is 0. The Morgan fingerprint density at radius 1 is 1.21 bits per heavy atom. The van der Waals surface area contributed by atoms with E-state index in [2.05, 4.69) is 55.0 Å². The third-order valence-corrected chi connectivity index (χ3v) is 3.19. The van der Waals surface area contributed by atoms with E-state index >= 15 is 0 Å². The molecule has 1 heterocycles. The highest BCUT2D eigenvalue weighted by atomic mass is 79.9. The van der Waals surface area contributed by atoms with Gasteiger partial charge in [-0.2, -0.15) is 0 Å². The molecule has 14 heavy (non-hydrogen) atoms. The number of nitrogens with zero attached hydrogens (tertiary/aromatic N) is 1. The van der Waals surface area contributed by atoms with E-state index in [4.69, 9.17) is 0 Å². The summed E-state index contributed by atoms with van der Waals surface area (Å²) in [5.41, 5.74) is 1.35. The van der Waals surface area contributed by atoms with E-state index in [-0.39, 0.29) is 0 Å². The molecule has 0 bridgehead atoms. The number of hydrogen-bond acceptors (Lipinski definition) is 1. The van der Waals surface area contributed by atoms with Crippen molar-refractivity contribution in [2.45, 2.75) is 6.42 Å². The number of alkyl halides is 1. The van der Waals surface area contributed by atoms with Crippen molar-refractivity contribution in [1.82, 2.24) is 4.98 Å². The van der Waals surface area contributed by atoms with E-state index < -0.39 is 0 Å². The normalized spacial score (nSPS) is 10.7. The van der Waals surface area contributed by atoms with Crippen LogP contribution < -0.4 is 0 Å². The van der Waals surface area contributed by atoms with Gasteiger partial charge in [-0.1, -0.05) is 34.1 Å². The minimum Gasteiger partial charge on any atom is -0.249 e. The fourth-order valence-corrected chi connectivity index (χ4v) is 2.39. The Labute approximate surface area is 99.8 Å². The SMILES string of the molecule is BrCCc1ccc2c(Br)nccc2c1. The van der Waals surface area contributed by atoms with Crippen molar-refractivity contribution in [2.75, 3.05) is 5.33 Å². The molecule has 0 N–H and O–H groups in total. The molecule has 1 nitrogen and oxygen atoms in total. The van der Waals surface area contributed by atoms with Crippen LogP contribution >= 0.6 is 31.9 Å². The molecule has 0 aliphatic heterocycles. The average Bonchev–Trinajstić information content (AvgIpc) is 2.18. The number of fused-ring (bicyclic) bond motifs is 1. The Morgan fingerprint density at radius 2 is 2.07 bits per heavy atom. The maximum Gasteiger partial charge on any atom is 0.113 e. The Hall–Kier alpha value is -0.410. The first-order chi connectivity index (χ1) is 6.81. The van der Waals surface area contributed by atoms with Crippen LogP contribution in [0, 0.1) is 0 Å². The smallest absolute Gasteiger partial charge is 0.113 e. The summed E-state index contributed by atoms with van der Waals surface area (Å²) >= 11 is 6.88. The second kappa shape index (κ2) is 4.41. The molecule has 72 valence electrons. The summed E-state index contributed by atoms with van der Waals surface area (Å²) in [5, 5.41) is 3.42. The number of hydrogen-bond donors (Lipinski definition) is 0. The first-order valence-corrected chi connectivity index (χ1v) is 6.32. The minimum absolute atomic E-state index is 0.917. The quantitative estimate of drug-likeness (QED) is 0.604. The van der Waals surface area contributed by atoms with Gasteiger partial charge < -0.3 is 0 Å². The van der Waals surface area contributed by atoms with Gasteiger partial charge in [0.05, 0.1) is 0 Å². The van der Waals surface area contributed by atoms with Crippen molar-refractivity contribution in [3.8, 4) is 0 Å². The molecule has 0 spiro atoms. The van der Waals surface area contributed by atoms with Crippen LogP contribution in [0.25, 0.3) is 10.8 Å². The molecule has 0 saturated carbocycles. The van der Waals surface area contributed by atoms with Gasteiger partial charge in [0.1, 0.15) is 4.60 Å². The zero-order valence-electron chi connectivity index (χ0n) is 7.50. The van der Waals surface area contributed by atoms with E-state index in [1.54, 1.807) is 0 Å². The molecule has 2 aromatic rings.